The predicted octanol–water partition coefficient (Wildman–Crippen LogP) is 7.98. The molecule has 0 radical (unpaired) electrons. The molecule has 1 N–H and O–H groups in total. The molecule has 1 atom stereocenters. The fourth-order valence-corrected chi connectivity index (χ4v) is 4.19. The lowest BCUT2D eigenvalue weighted by atomic mass is 9.96. The molecule has 0 aromatic heterocycles. The van der Waals surface area contributed by atoms with Crippen molar-refractivity contribution in [3.63, 3.8) is 0 Å². The van der Waals surface area contributed by atoms with Crippen molar-refractivity contribution in [1.82, 2.24) is 4.90 Å². The van der Waals surface area contributed by atoms with E-state index in [4.69, 9.17) is 0 Å². The SMILES string of the molecule is CCCCCCCCC(C)CCCCCCCN(CCO)CCCCCCC. The minimum Gasteiger partial charge on any atom is -0.395 e. The summed E-state index contributed by atoms with van der Waals surface area (Å²) in [7, 11) is 0. The van der Waals surface area contributed by atoms with E-state index in [1.54, 1.807) is 0 Å². The Morgan fingerprint density at radius 1 is 0.536 bits per heavy atom. The first-order valence-electron chi connectivity index (χ1n) is 13.1. The minimum atomic E-state index is 0.311. The van der Waals surface area contributed by atoms with E-state index in [1.807, 2.05) is 0 Å². The third kappa shape index (κ3) is 20.6. The highest BCUT2D eigenvalue weighted by atomic mass is 16.3. The molecule has 0 aromatic rings. The molecule has 0 heterocycles. The van der Waals surface area contributed by atoms with Gasteiger partial charge in [-0.25, -0.2) is 0 Å². The smallest absolute Gasteiger partial charge is 0.0558 e. The van der Waals surface area contributed by atoms with E-state index >= 15 is 0 Å². The van der Waals surface area contributed by atoms with Gasteiger partial charge in [0, 0.05) is 6.54 Å². The molecule has 28 heavy (non-hydrogen) atoms. The summed E-state index contributed by atoms with van der Waals surface area (Å²) in [5, 5.41) is 9.28. The van der Waals surface area contributed by atoms with Crippen molar-refractivity contribution >= 4 is 0 Å². The molecular weight excluding hydrogens is 342 g/mol. The van der Waals surface area contributed by atoms with Gasteiger partial charge in [-0.2, -0.15) is 0 Å². The van der Waals surface area contributed by atoms with Crippen LogP contribution in [0.1, 0.15) is 136 Å². The highest BCUT2D eigenvalue weighted by molar-refractivity contribution is 4.60. The van der Waals surface area contributed by atoms with Gasteiger partial charge in [-0.05, 0) is 31.8 Å². The summed E-state index contributed by atoms with van der Waals surface area (Å²) in [5.74, 6) is 0.930. The highest BCUT2D eigenvalue weighted by Gasteiger charge is 2.05. The van der Waals surface area contributed by atoms with Crippen LogP contribution < -0.4 is 0 Å². The van der Waals surface area contributed by atoms with Gasteiger partial charge in [-0.1, -0.05) is 124 Å². The largest absolute Gasteiger partial charge is 0.395 e. The van der Waals surface area contributed by atoms with E-state index < -0.39 is 0 Å². The lowest BCUT2D eigenvalue weighted by molar-refractivity contribution is 0.190. The number of rotatable bonds is 23. The van der Waals surface area contributed by atoms with Gasteiger partial charge in [0.15, 0.2) is 0 Å². The molecule has 0 fully saturated rings. The van der Waals surface area contributed by atoms with Gasteiger partial charge in [0.2, 0.25) is 0 Å². The van der Waals surface area contributed by atoms with Crippen molar-refractivity contribution in [2.24, 2.45) is 5.92 Å². The monoisotopic (exact) mass is 397 g/mol. The Morgan fingerprint density at radius 3 is 1.36 bits per heavy atom. The zero-order valence-corrected chi connectivity index (χ0v) is 20.0. The zero-order valence-electron chi connectivity index (χ0n) is 20.0. The van der Waals surface area contributed by atoms with E-state index in [2.05, 4.69) is 25.7 Å². The van der Waals surface area contributed by atoms with Crippen LogP contribution in [-0.4, -0.2) is 36.2 Å². The highest BCUT2D eigenvalue weighted by Crippen LogP contribution is 2.18. The Morgan fingerprint density at radius 2 is 0.929 bits per heavy atom. The van der Waals surface area contributed by atoms with Gasteiger partial charge in [0.1, 0.15) is 0 Å². The van der Waals surface area contributed by atoms with Gasteiger partial charge < -0.3 is 10.0 Å². The van der Waals surface area contributed by atoms with E-state index in [0.29, 0.717) is 6.61 Å². The van der Waals surface area contributed by atoms with Gasteiger partial charge in [0.05, 0.1) is 6.61 Å². The summed E-state index contributed by atoms with van der Waals surface area (Å²) in [5.41, 5.74) is 0. The molecular formula is C26H55NO. The molecule has 0 bridgehead atoms. The lowest BCUT2D eigenvalue weighted by Gasteiger charge is -2.21. The number of unbranched alkanes of at least 4 members (excludes halogenated alkanes) is 13. The molecule has 0 aliphatic rings. The first-order valence-corrected chi connectivity index (χ1v) is 13.1. The van der Waals surface area contributed by atoms with Gasteiger partial charge in [-0.15, -0.1) is 0 Å². The van der Waals surface area contributed by atoms with E-state index in [0.717, 1.165) is 12.5 Å². The van der Waals surface area contributed by atoms with Crippen molar-refractivity contribution in [3.05, 3.63) is 0 Å². The standard InChI is InChI=1S/C26H55NO/c1-4-6-8-10-12-16-20-26(3)21-17-13-11-15-19-23-27(24-25-28)22-18-14-9-7-5-2/h26,28H,4-25H2,1-3H3. The Balaban J connectivity index is 3.46. The van der Waals surface area contributed by atoms with Crippen LogP contribution in [0.4, 0.5) is 0 Å². The topological polar surface area (TPSA) is 23.5 Å². The van der Waals surface area contributed by atoms with Crippen molar-refractivity contribution in [1.29, 1.82) is 0 Å². The van der Waals surface area contributed by atoms with Gasteiger partial charge in [-0.3, -0.25) is 0 Å². The zero-order chi connectivity index (χ0) is 20.7. The van der Waals surface area contributed by atoms with Crippen LogP contribution in [0.5, 0.6) is 0 Å². The molecule has 0 rings (SSSR count). The molecule has 0 spiro atoms. The normalized spacial score (nSPS) is 12.8. The Labute approximate surface area is 178 Å². The molecule has 0 aliphatic carbocycles. The van der Waals surface area contributed by atoms with Crippen molar-refractivity contribution in [2.75, 3.05) is 26.2 Å². The van der Waals surface area contributed by atoms with Crippen LogP contribution in [0.25, 0.3) is 0 Å². The first-order chi connectivity index (χ1) is 13.7. The summed E-state index contributed by atoms with van der Waals surface area (Å²) in [6.45, 7) is 10.6. The third-order valence-corrected chi connectivity index (χ3v) is 6.22. The molecule has 1 unspecified atom stereocenters. The molecule has 0 saturated heterocycles. The molecule has 170 valence electrons. The van der Waals surface area contributed by atoms with Gasteiger partial charge >= 0.3 is 0 Å². The average Bonchev–Trinajstić information content (AvgIpc) is 2.69. The number of hydrogen-bond acceptors (Lipinski definition) is 2. The molecule has 0 aliphatic heterocycles. The second-order valence-electron chi connectivity index (χ2n) is 9.20. The minimum absolute atomic E-state index is 0.311. The maximum absolute atomic E-state index is 9.28. The number of aliphatic hydroxyl groups excluding tert-OH is 1. The fraction of sp³-hybridized carbons (Fsp3) is 1.00. The van der Waals surface area contributed by atoms with Crippen LogP contribution >= 0.6 is 0 Å². The molecule has 0 amide bonds. The Hall–Kier alpha value is -0.0800. The van der Waals surface area contributed by atoms with E-state index in [-0.39, 0.29) is 0 Å². The van der Waals surface area contributed by atoms with E-state index in [1.165, 1.54) is 129 Å². The second-order valence-corrected chi connectivity index (χ2v) is 9.20. The second kappa shape index (κ2) is 23.2. The van der Waals surface area contributed by atoms with Crippen LogP contribution in [0.3, 0.4) is 0 Å². The maximum atomic E-state index is 9.28. The van der Waals surface area contributed by atoms with Crippen molar-refractivity contribution in [3.8, 4) is 0 Å². The average molecular weight is 398 g/mol. The first kappa shape index (κ1) is 27.9. The number of hydrogen-bond donors (Lipinski definition) is 1. The van der Waals surface area contributed by atoms with Crippen molar-refractivity contribution in [2.45, 2.75) is 136 Å². The van der Waals surface area contributed by atoms with Gasteiger partial charge in [0.25, 0.3) is 0 Å². The fourth-order valence-electron chi connectivity index (χ4n) is 4.19. The summed E-state index contributed by atoms with van der Waals surface area (Å²) >= 11 is 0. The quantitative estimate of drug-likeness (QED) is 0.177. The molecule has 0 saturated carbocycles. The number of nitrogens with zero attached hydrogens (tertiary/aromatic N) is 1. The summed E-state index contributed by atoms with van der Waals surface area (Å²) < 4.78 is 0. The van der Waals surface area contributed by atoms with Crippen LogP contribution in [0.2, 0.25) is 0 Å². The molecule has 0 aromatic carbocycles. The maximum Gasteiger partial charge on any atom is 0.0558 e. The predicted molar refractivity (Wildman–Crippen MR) is 127 cm³/mol. The Kier molecular flexibility index (Phi) is 23.1. The van der Waals surface area contributed by atoms with Crippen molar-refractivity contribution < 1.29 is 5.11 Å². The van der Waals surface area contributed by atoms with Crippen LogP contribution in [0.15, 0.2) is 0 Å². The van der Waals surface area contributed by atoms with Crippen LogP contribution in [0, 0.1) is 5.92 Å². The lowest BCUT2D eigenvalue weighted by Crippen LogP contribution is -2.29. The number of aliphatic hydroxyl groups is 1. The molecule has 2 heteroatoms. The van der Waals surface area contributed by atoms with Crippen LogP contribution in [-0.2, 0) is 0 Å². The van der Waals surface area contributed by atoms with E-state index in [9.17, 15) is 5.11 Å². The Bertz CT molecular complexity index is 282. The summed E-state index contributed by atoms with van der Waals surface area (Å²) in [6.07, 6.45) is 25.1. The molecule has 2 nitrogen and oxygen atoms in total. The third-order valence-electron chi connectivity index (χ3n) is 6.22. The summed E-state index contributed by atoms with van der Waals surface area (Å²) in [4.78, 5) is 2.48. The summed E-state index contributed by atoms with van der Waals surface area (Å²) in [6, 6.07) is 0.